The Bertz CT molecular complexity index is 1290. The Balaban J connectivity index is 1.71. The number of hydrogen-bond donors (Lipinski definition) is 1. The second-order valence-electron chi connectivity index (χ2n) is 7.00. The maximum absolute atomic E-state index is 13.1. The Hall–Kier alpha value is -3.53. The van der Waals surface area contributed by atoms with E-state index in [1.165, 1.54) is 17.0 Å². The molecule has 1 atom stereocenters. The van der Waals surface area contributed by atoms with E-state index in [-0.39, 0.29) is 24.9 Å². The van der Waals surface area contributed by atoms with Crippen LogP contribution in [-0.4, -0.2) is 40.4 Å². The summed E-state index contributed by atoms with van der Waals surface area (Å²) < 4.78 is 11.6. The lowest BCUT2D eigenvalue weighted by atomic mass is 10.0. The number of Topliss-reactive ketones (excluding diaryl/α,β-unsaturated/α-hetero) is 1. The van der Waals surface area contributed by atoms with Crippen LogP contribution >= 0.6 is 11.3 Å². The average Bonchev–Trinajstić information content (AvgIpc) is 3.10. The van der Waals surface area contributed by atoms with Crippen molar-refractivity contribution in [2.75, 3.05) is 18.5 Å². The molecule has 0 spiro atoms. The third-order valence-corrected chi connectivity index (χ3v) is 6.21. The molecule has 1 aliphatic heterocycles. The molecule has 3 aromatic rings. The quantitative estimate of drug-likeness (QED) is 0.478. The second kappa shape index (κ2) is 7.95. The van der Waals surface area contributed by atoms with E-state index in [2.05, 4.69) is 10.3 Å². The number of ether oxygens (including phenoxy) is 2. The zero-order valence-corrected chi connectivity index (χ0v) is 17.9. The molecule has 1 amide bonds. The highest BCUT2D eigenvalue weighted by atomic mass is 32.1. The fourth-order valence-corrected chi connectivity index (χ4v) is 4.44. The predicted octanol–water partition coefficient (Wildman–Crippen LogP) is 2.72. The van der Waals surface area contributed by atoms with Gasteiger partial charge in [0.2, 0.25) is 0 Å². The zero-order chi connectivity index (χ0) is 22.3. The lowest BCUT2D eigenvalue weighted by Crippen LogP contribution is -2.29. The van der Waals surface area contributed by atoms with Crippen molar-refractivity contribution in [2.45, 2.75) is 26.8 Å². The van der Waals surface area contributed by atoms with Crippen molar-refractivity contribution in [2.24, 2.45) is 0 Å². The van der Waals surface area contributed by atoms with Crippen LogP contribution in [0, 0.1) is 6.92 Å². The average molecular weight is 441 g/mol. The van der Waals surface area contributed by atoms with Crippen LogP contribution in [0.15, 0.2) is 29.3 Å². The van der Waals surface area contributed by atoms with Gasteiger partial charge in [-0.15, -0.1) is 11.3 Å². The van der Waals surface area contributed by atoms with Gasteiger partial charge in [-0.1, -0.05) is 0 Å². The SMILES string of the molecule is CCOC(=O)c1sc2ncn(C(C)C(=O)c3ccc4c(c3)NC(=O)CO4)c(=O)c2c1C. The minimum atomic E-state index is -0.854. The van der Waals surface area contributed by atoms with E-state index < -0.39 is 17.6 Å². The van der Waals surface area contributed by atoms with Crippen LogP contribution in [0.2, 0.25) is 0 Å². The van der Waals surface area contributed by atoms with Crippen molar-refractivity contribution in [3.05, 3.63) is 50.9 Å². The topological polar surface area (TPSA) is 117 Å². The molecule has 1 N–H and O–H groups in total. The van der Waals surface area contributed by atoms with Crippen LogP contribution in [0.1, 0.15) is 45.5 Å². The largest absolute Gasteiger partial charge is 0.482 e. The molecule has 0 saturated carbocycles. The number of thiophene rings is 1. The number of ketones is 1. The monoisotopic (exact) mass is 441 g/mol. The summed E-state index contributed by atoms with van der Waals surface area (Å²) in [7, 11) is 0. The Kier molecular flexibility index (Phi) is 5.32. The van der Waals surface area contributed by atoms with Gasteiger partial charge in [-0.05, 0) is 44.5 Å². The summed E-state index contributed by atoms with van der Waals surface area (Å²) >= 11 is 1.09. The molecule has 4 rings (SSSR count). The number of amides is 1. The molecule has 1 unspecified atom stereocenters. The molecule has 0 bridgehead atoms. The first-order valence-corrected chi connectivity index (χ1v) is 10.4. The van der Waals surface area contributed by atoms with Crippen molar-refractivity contribution in [1.82, 2.24) is 9.55 Å². The van der Waals surface area contributed by atoms with Gasteiger partial charge in [0.25, 0.3) is 11.5 Å². The van der Waals surface area contributed by atoms with Crippen LogP contribution < -0.4 is 15.6 Å². The Morgan fingerprint density at radius 2 is 2.13 bits per heavy atom. The Morgan fingerprint density at radius 3 is 2.87 bits per heavy atom. The van der Waals surface area contributed by atoms with E-state index in [1.54, 1.807) is 32.9 Å². The number of aryl methyl sites for hydroxylation is 1. The zero-order valence-electron chi connectivity index (χ0n) is 17.1. The number of aromatic nitrogens is 2. The maximum atomic E-state index is 13.1. The molecule has 160 valence electrons. The van der Waals surface area contributed by atoms with Crippen LogP contribution in [0.5, 0.6) is 5.75 Å². The number of fused-ring (bicyclic) bond motifs is 2. The highest BCUT2D eigenvalue weighted by Crippen LogP contribution is 2.30. The van der Waals surface area contributed by atoms with Crippen LogP contribution in [0.4, 0.5) is 5.69 Å². The summed E-state index contributed by atoms with van der Waals surface area (Å²) in [5.74, 6) is -0.661. The van der Waals surface area contributed by atoms with E-state index in [1.807, 2.05) is 0 Å². The molecule has 0 fully saturated rings. The Morgan fingerprint density at radius 1 is 1.35 bits per heavy atom. The lowest BCUT2D eigenvalue weighted by molar-refractivity contribution is -0.118. The van der Waals surface area contributed by atoms with Gasteiger partial charge < -0.3 is 14.8 Å². The van der Waals surface area contributed by atoms with E-state index in [4.69, 9.17) is 9.47 Å². The molecule has 1 aliphatic rings. The van der Waals surface area contributed by atoms with Crippen molar-refractivity contribution in [3.8, 4) is 5.75 Å². The minimum Gasteiger partial charge on any atom is -0.482 e. The summed E-state index contributed by atoms with van der Waals surface area (Å²) in [6, 6.07) is 3.86. The first-order valence-electron chi connectivity index (χ1n) is 9.60. The number of carbonyl (C=O) groups excluding carboxylic acids is 3. The predicted molar refractivity (Wildman–Crippen MR) is 114 cm³/mol. The summed E-state index contributed by atoms with van der Waals surface area (Å²) in [6.45, 7) is 5.11. The molecule has 3 heterocycles. The number of benzene rings is 1. The smallest absolute Gasteiger partial charge is 0.348 e. The third kappa shape index (κ3) is 3.59. The number of hydrogen-bond acceptors (Lipinski definition) is 8. The highest BCUT2D eigenvalue weighted by molar-refractivity contribution is 7.20. The molecule has 0 radical (unpaired) electrons. The molecule has 0 saturated heterocycles. The van der Waals surface area contributed by atoms with Gasteiger partial charge >= 0.3 is 5.97 Å². The van der Waals surface area contributed by atoms with Gasteiger partial charge in [-0.3, -0.25) is 19.0 Å². The number of anilines is 1. The van der Waals surface area contributed by atoms with Gasteiger partial charge in [0, 0.05) is 5.56 Å². The summed E-state index contributed by atoms with van der Waals surface area (Å²) in [5.41, 5.74) is 0.796. The van der Waals surface area contributed by atoms with Crippen molar-refractivity contribution in [3.63, 3.8) is 0 Å². The fourth-order valence-electron chi connectivity index (χ4n) is 3.41. The van der Waals surface area contributed by atoms with Gasteiger partial charge in [0.05, 0.1) is 30.0 Å². The maximum Gasteiger partial charge on any atom is 0.348 e. The minimum absolute atomic E-state index is 0.0778. The molecule has 31 heavy (non-hydrogen) atoms. The van der Waals surface area contributed by atoms with Crippen LogP contribution in [0.25, 0.3) is 10.2 Å². The summed E-state index contributed by atoms with van der Waals surface area (Å²) in [4.78, 5) is 54.9. The van der Waals surface area contributed by atoms with Crippen molar-refractivity contribution < 1.29 is 23.9 Å². The Labute approximate surface area is 180 Å². The van der Waals surface area contributed by atoms with E-state index in [9.17, 15) is 19.2 Å². The van der Waals surface area contributed by atoms with E-state index >= 15 is 0 Å². The lowest BCUT2D eigenvalue weighted by Gasteiger charge is -2.19. The number of esters is 1. The molecule has 9 nitrogen and oxygen atoms in total. The standard InChI is InChI=1S/C21H19N3O6S/c1-4-29-21(28)18-10(2)16-19(31-18)22-9-24(20(16)27)11(3)17(26)12-5-6-14-13(7-12)23-15(25)8-30-14/h5-7,9,11H,4,8H2,1-3H3,(H,23,25). The fraction of sp³-hybridized carbons (Fsp3) is 0.286. The molecule has 2 aromatic heterocycles. The molecule has 10 heteroatoms. The van der Waals surface area contributed by atoms with Gasteiger partial charge in [0.1, 0.15) is 15.5 Å². The van der Waals surface area contributed by atoms with Crippen LogP contribution in [-0.2, 0) is 9.53 Å². The molecule has 1 aromatic carbocycles. The van der Waals surface area contributed by atoms with E-state index in [0.29, 0.717) is 37.7 Å². The normalized spacial score (nSPS) is 13.8. The van der Waals surface area contributed by atoms with E-state index in [0.717, 1.165) is 11.3 Å². The summed E-state index contributed by atoms with van der Waals surface area (Å²) in [6.07, 6.45) is 1.31. The first kappa shape index (κ1) is 20.7. The first-order chi connectivity index (χ1) is 14.8. The van der Waals surface area contributed by atoms with Crippen molar-refractivity contribution >= 4 is 44.9 Å². The number of nitrogens with one attached hydrogen (secondary N) is 1. The number of rotatable bonds is 5. The molecular formula is C21H19N3O6S. The molecule has 0 aliphatic carbocycles. The third-order valence-electron chi connectivity index (χ3n) is 5.03. The number of carbonyl (C=O) groups is 3. The molecular weight excluding hydrogens is 422 g/mol. The van der Waals surface area contributed by atoms with Crippen molar-refractivity contribution in [1.29, 1.82) is 0 Å². The van der Waals surface area contributed by atoms with Crippen LogP contribution in [0.3, 0.4) is 0 Å². The van der Waals surface area contributed by atoms with Gasteiger partial charge in [0.15, 0.2) is 12.4 Å². The summed E-state index contributed by atoms with van der Waals surface area (Å²) in [5, 5.41) is 2.95. The number of nitrogens with zero attached hydrogens (tertiary/aromatic N) is 2. The van der Waals surface area contributed by atoms with Gasteiger partial charge in [-0.25, -0.2) is 9.78 Å². The highest BCUT2D eigenvalue weighted by Gasteiger charge is 2.25. The van der Waals surface area contributed by atoms with Gasteiger partial charge in [-0.2, -0.15) is 0 Å². The second-order valence-corrected chi connectivity index (χ2v) is 8.00.